The van der Waals surface area contributed by atoms with Gasteiger partial charge in [0.25, 0.3) is 0 Å². The number of pyridine rings is 1. The Hall–Kier alpha value is -1.38. The van der Waals surface area contributed by atoms with Crippen LogP contribution in [0, 0.1) is 5.92 Å². The van der Waals surface area contributed by atoms with Gasteiger partial charge >= 0.3 is 0 Å². The summed E-state index contributed by atoms with van der Waals surface area (Å²) < 4.78 is 0. The molecule has 1 aliphatic carbocycles. The smallest absolute Gasteiger partial charge is 0.222 e. The molecule has 1 fully saturated rings. The minimum Gasteiger partial charge on any atom is -0.353 e. The summed E-state index contributed by atoms with van der Waals surface area (Å²) in [5.74, 6) is 0.846. The first-order chi connectivity index (χ1) is 7.66. The molecule has 0 aliphatic heterocycles. The third kappa shape index (κ3) is 2.40. The van der Waals surface area contributed by atoms with Gasteiger partial charge in [0.15, 0.2) is 0 Å². The average Bonchev–Trinajstić information content (AvgIpc) is 2.23. The summed E-state index contributed by atoms with van der Waals surface area (Å²) in [7, 11) is 0. The van der Waals surface area contributed by atoms with E-state index >= 15 is 0 Å². The van der Waals surface area contributed by atoms with Crippen LogP contribution < -0.4 is 5.32 Å². The summed E-state index contributed by atoms with van der Waals surface area (Å²) in [4.78, 5) is 15.5. The second-order valence-corrected chi connectivity index (χ2v) is 4.81. The number of nitrogens with one attached hydrogen (secondary N) is 1. The summed E-state index contributed by atoms with van der Waals surface area (Å²) in [6.45, 7) is 3.85. The molecule has 1 amide bonds. The van der Waals surface area contributed by atoms with Crippen molar-refractivity contribution in [2.75, 3.05) is 0 Å². The van der Waals surface area contributed by atoms with Crippen LogP contribution in [0.15, 0.2) is 24.5 Å². The van der Waals surface area contributed by atoms with E-state index in [0.717, 1.165) is 12.8 Å². The molecule has 1 aromatic heterocycles. The van der Waals surface area contributed by atoms with Crippen LogP contribution in [-0.4, -0.2) is 16.9 Å². The maximum Gasteiger partial charge on any atom is 0.222 e. The fourth-order valence-corrected chi connectivity index (χ4v) is 2.01. The van der Waals surface area contributed by atoms with E-state index in [4.69, 9.17) is 0 Å². The zero-order valence-electron chi connectivity index (χ0n) is 9.81. The zero-order chi connectivity index (χ0) is 11.5. The van der Waals surface area contributed by atoms with E-state index in [1.54, 1.807) is 0 Å². The minimum absolute atomic E-state index is 0.0833. The zero-order valence-corrected chi connectivity index (χ0v) is 9.81. The predicted molar refractivity (Wildman–Crippen MR) is 63.0 cm³/mol. The summed E-state index contributed by atoms with van der Waals surface area (Å²) in [5.41, 5.74) is 1.34. The number of nitrogens with zero attached hydrogens (tertiary/aromatic N) is 1. The molecule has 0 atom stereocenters. The molecule has 1 heterocycles. The first kappa shape index (κ1) is 11.1. The molecule has 1 saturated carbocycles. The van der Waals surface area contributed by atoms with Crippen molar-refractivity contribution < 1.29 is 4.79 Å². The van der Waals surface area contributed by atoms with Crippen LogP contribution in [0.4, 0.5) is 0 Å². The van der Waals surface area contributed by atoms with Crippen LogP contribution >= 0.6 is 0 Å². The lowest BCUT2D eigenvalue weighted by atomic mass is 9.76. The fourth-order valence-electron chi connectivity index (χ4n) is 2.01. The molecule has 86 valence electrons. The average molecular weight is 218 g/mol. The SMILES string of the molecule is CC(C)C(=O)NC1CC(c2ccncc2)C1. The molecule has 3 nitrogen and oxygen atoms in total. The van der Waals surface area contributed by atoms with E-state index < -0.39 is 0 Å². The number of rotatable bonds is 3. The molecule has 3 heteroatoms. The van der Waals surface area contributed by atoms with Crippen LogP contribution in [0.5, 0.6) is 0 Å². The highest BCUT2D eigenvalue weighted by atomic mass is 16.1. The van der Waals surface area contributed by atoms with E-state index in [1.165, 1.54) is 5.56 Å². The van der Waals surface area contributed by atoms with E-state index in [2.05, 4.69) is 22.4 Å². The molecule has 1 N–H and O–H groups in total. The van der Waals surface area contributed by atoms with Crippen molar-refractivity contribution in [3.63, 3.8) is 0 Å². The normalized spacial score (nSPS) is 23.9. The molecular formula is C13H18N2O. The topological polar surface area (TPSA) is 42.0 Å². The Bertz CT molecular complexity index is 355. The Balaban J connectivity index is 1.80. The Morgan fingerprint density at radius 2 is 2.00 bits per heavy atom. The molecule has 0 spiro atoms. The van der Waals surface area contributed by atoms with Gasteiger partial charge in [0.05, 0.1) is 0 Å². The van der Waals surface area contributed by atoms with Crippen LogP contribution in [0.25, 0.3) is 0 Å². The minimum atomic E-state index is 0.0833. The van der Waals surface area contributed by atoms with Gasteiger partial charge in [0.1, 0.15) is 0 Å². The van der Waals surface area contributed by atoms with Crippen LogP contribution in [0.3, 0.4) is 0 Å². The second kappa shape index (κ2) is 4.64. The predicted octanol–water partition coefficient (Wildman–Crippen LogP) is 2.10. The van der Waals surface area contributed by atoms with Gasteiger partial charge in [0.2, 0.25) is 5.91 Å². The van der Waals surface area contributed by atoms with E-state index in [0.29, 0.717) is 12.0 Å². The lowest BCUT2D eigenvalue weighted by Gasteiger charge is -2.36. The van der Waals surface area contributed by atoms with Gasteiger partial charge in [-0.2, -0.15) is 0 Å². The Kier molecular flexibility index (Phi) is 3.22. The molecule has 1 aromatic rings. The highest BCUT2D eigenvalue weighted by Crippen LogP contribution is 2.36. The first-order valence-electron chi connectivity index (χ1n) is 5.87. The third-order valence-electron chi connectivity index (χ3n) is 3.19. The Labute approximate surface area is 96.3 Å². The number of aromatic nitrogens is 1. The van der Waals surface area contributed by atoms with Crippen molar-refractivity contribution in [1.29, 1.82) is 0 Å². The van der Waals surface area contributed by atoms with Crippen molar-refractivity contribution in [1.82, 2.24) is 10.3 Å². The lowest BCUT2D eigenvalue weighted by molar-refractivity contribution is -0.125. The highest BCUT2D eigenvalue weighted by Gasteiger charge is 2.31. The summed E-state index contributed by atoms with van der Waals surface area (Å²) in [6, 6.07) is 4.49. The van der Waals surface area contributed by atoms with E-state index in [1.807, 2.05) is 26.2 Å². The van der Waals surface area contributed by atoms with Crippen molar-refractivity contribution in [3.05, 3.63) is 30.1 Å². The van der Waals surface area contributed by atoms with Gasteiger partial charge in [-0.3, -0.25) is 9.78 Å². The molecule has 0 unspecified atom stereocenters. The molecule has 2 rings (SSSR count). The third-order valence-corrected chi connectivity index (χ3v) is 3.19. The van der Waals surface area contributed by atoms with Crippen LogP contribution in [-0.2, 0) is 4.79 Å². The van der Waals surface area contributed by atoms with E-state index in [9.17, 15) is 4.79 Å². The van der Waals surface area contributed by atoms with Crippen molar-refractivity contribution in [2.24, 2.45) is 5.92 Å². The van der Waals surface area contributed by atoms with Crippen molar-refractivity contribution in [2.45, 2.75) is 38.6 Å². The lowest BCUT2D eigenvalue weighted by Crippen LogP contribution is -2.44. The number of hydrogen-bond acceptors (Lipinski definition) is 2. The van der Waals surface area contributed by atoms with Gasteiger partial charge in [-0.05, 0) is 36.5 Å². The summed E-state index contributed by atoms with van der Waals surface area (Å²) in [5, 5.41) is 3.06. The van der Waals surface area contributed by atoms with E-state index in [-0.39, 0.29) is 11.8 Å². The molecular weight excluding hydrogens is 200 g/mol. The van der Waals surface area contributed by atoms with Crippen LogP contribution in [0.2, 0.25) is 0 Å². The van der Waals surface area contributed by atoms with Gasteiger partial charge in [-0.15, -0.1) is 0 Å². The van der Waals surface area contributed by atoms with Crippen LogP contribution in [0.1, 0.15) is 38.2 Å². The number of carbonyl (C=O) groups is 1. The van der Waals surface area contributed by atoms with Gasteiger partial charge in [-0.1, -0.05) is 13.8 Å². The van der Waals surface area contributed by atoms with Gasteiger partial charge < -0.3 is 5.32 Å². The van der Waals surface area contributed by atoms with Crippen molar-refractivity contribution in [3.8, 4) is 0 Å². The molecule has 1 aliphatic rings. The van der Waals surface area contributed by atoms with Gasteiger partial charge in [0, 0.05) is 24.4 Å². The molecule has 0 bridgehead atoms. The molecule has 0 radical (unpaired) electrons. The Morgan fingerprint density at radius 1 is 1.38 bits per heavy atom. The monoisotopic (exact) mass is 218 g/mol. The molecule has 0 aromatic carbocycles. The fraction of sp³-hybridized carbons (Fsp3) is 0.538. The first-order valence-corrected chi connectivity index (χ1v) is 5.87. The second-order valence-electron chi connectivity index (χ2n) is 4.81. The highest BCUT2D eigenvalue weighted by molar-refractivity contribution is 5.78. The largest absolute Gasteiger partial charge is 0.353 e. The molecule has 0 saturated heterocycles. The van der Waals surface area contributed by atoms with Gasteiger partial charge in [-0.25, -0.2) is 0 Å². The maximum atomic E-state index is 11.5. The quantitative estimate of drug-likeness (QED) is 0.844. The molecule has 16 heavy (non-hydrogen) atoms. The summed E-state index contributed by atoms with van der Waals surface area (Å²) in [6.07, 6.45) is 5.77. The number of hydrogen-bond donors (Lipinski definition) is 1. The standard InChI is InChI=1S/C13H18N2O/c1-9(2)13(16)15-12-7-11(8-12)10-3-5-14-6-4-10/h3-6,9,11-12H,7-8H2,1-2H3,(H,15,16). The number of amides is 1. The van der Waals surface area contributed by atoms with Crippen molar-refractivity contribution >= 4 is 5.91 Å². The number of carbonyl (C=O) groups excluding carboxylic acids is 1. The summed E-state index contributed by atoms with van der Waals surface area (Å²) >= 11 is 0. The maximum absolute atomic E-state index is 11.5. The Morgan fingerprint density at radius 3 is 2.56 bits per heavy atom.